The van der Waals surface area contributed by atoms with Crippen molar-refractivity contribution in [2.45, 2.75) is 63.6 Å². The van der Waals surface area contributed by atoms with Crippen molar-refractivity contribution in [3.63, 3.8) is 0 Å². The molecule has 2 rings (SSSR count). The minimum absolute atomic E-state index is 0.00532. The van der Waals surface area contributed by atoms with Crippen LogP contribution in [-0.2, 0) is 16.1 Å². The molecule has 2 aromatic carbocycles. The van der Waals surface area contributed by atoms with Gasteiger partial charge in [-0.15, -0.1) is 11.8 Å². The third-order valence-corrected chi connectivity index (χ3v) is 6.86. The largest absolute Gasteiger partial charge is 0.352 e. The van der Waals surface area contributed by atoms with Gasteiger partial charge < -0.3 is 10.2 Å². The lowest BCUT2D eigenvalue weighted by Crippen LogP contribution is -2.50. The van der Waals surface area contributed by atoms with Gasteiger partial charge >= 0.3 is 0 Å². The number of rotatable bonds is 11. The molecule has 0 heterocycles. The van der Waals surface area contributed by atoms with E-state index >= 15 is 0 Å². The van der Waals surface area contributed by atoms with E-state index in [1.54, 1.807) is 28.8 Å². The lowest BCUT2D eigenvalue weighted by Gasteiger charge is -2.31. The number of carbonyl (C=O) groups is 2. The van der Waals surface area contributed by atoms with Gasteiger partial charge in [0.2, 0.25) is 11.8 Å². The van der Waals surface area contributed by atoms with Crippen molar-refractivity contribution in [1.82, 2.24) is 10.2 Å². The lowest BCUT2D eigenvalue weighted by molar-refractivity contribution is -0.141. The summed E-state index contributed by atoms with van der Waals surface area (Å²) in [6, 6.07) is 12.4. The molecule has 1 N–H and O–H groups in total. The Kier molecular flexibility index (Phi) is 11.2. The summed E-state index contributed by atoms with van der Waals surface area (Å²) in [7, 11) is 0. The van der Waals surface area contributed by atoms with Gasteiger partial charge in [-0.05, 0) is 74.4 Å². The quantitative estimate of drug-likeness (QED) is 0.263. The number of hydrogen-bond acceptors (Lipinski definition) is 3. The van der Waals surface area contributed by atoms with Crippen LogP contribution in [0.3, 0.4) is 0 Å². The minimum Gasteiger partial charge on any atom is -0.352 e. The van der Waals surface area contributed by atoms with Crippen molar-refractivity contribution in [1.29, 1.82) is 0 Å². The Labute approximate surface area is 210 Å². The summed E-state index contributed by atoms with van der Waals surface area (Å²) in [6.07, 6.45) is 1.57. The second kappa shape index (κ2) is 13.3. The van der Waals surface area contributed by atoms with Gasteiger partial charge in [0.15, 0.2) is 0 Å². The average Bonchev–Trinajstić information content (AvgIpc) is 2.74. The summed E-state index contributed by atoms with van der Waals surface area (Å²) in [5.41, 5.74) is 0.832. The standard InChI is InChI=1S/C24H29Cl3N2O2S/c1-4-22(24(31)28-16(2)3)29(15-17-7-12-20(26)21(27)14-17)23(30)6-5-13-32-19-10-8-18(25)9-11-19/h7-12,14,16,22H,4-6,13,15H2,1-3H3,(H,28,31)/t22-/m1/s1. The van der Waals surface area contributed by atoms with Gasteiger partial charge in [-0.2, -0.15) is 0 Å². The maximum absolute atomic E-state index is 13.2. The Morgan fingerprint density at radius 3 is 2.31 bits per heavy atom. The first-order valence-electron chi connectivity index (χ1n) is 10.6. The molecule has 32 heavy (non-hydrogen) atoms. The van der Waals surface area contributed by atoms with Crippen LogP contribution in [0.15, 0.2) is 47.4 Å². The molecule has 8 heteroatoms. The van der Waals surface area contributed by atoms with E-state index in [9.17, 15) is 9.59 Å². The highest BCUT2D eigenvalue weighted by atomic mass is 35.5. The SMILES string of the molecule is CC[C@H](C(=O)NC(C)C)N(Cc1ccc(Cl)c(Cl)c1)C(=O)CCCSc1ccc(Cl)cc1. The monoisotopic (exact) mass is 514 g/mol. The summed E-state index contributed by atoms with van der Waals surface area (Å²) < 4.78 is 0. The molecule has 0 radical (unpaired) electrons. The van der Waals surface area contributed by atoms with Gasteiger partial charge in [-0.1, -0.05) is 47.8 Å². The molecule has 0 aliphatic rings. The number of nitrogens with zero attached hydrogens (tertiary/aromatic N) is 1. The van der Waals surface area contributed by atoms with Gasteiger partial charge in [-0.25, -0.2) is 0 Å². The number of nitrogens with one attached hydrogen (secondary N) is 1. The number of thioether (sulfide) groups is 1. The van der Waals surface area contributed by atoms with E-state index in [4.69, 9.17) is 34.8 Å². The van der Waals surface area contributed by atoms with Crippen LogP contribution in [0.2, 0.25) is 15.1 Å². The highest BCUT2D eigenvalue weighted by Crippen LogP contribution is 2.25. The first-order valence-corrected chi connectivity index (χ1v) is 12.7. The van der Waals surface area contributed by atoms with E-state index < -0.39 is 6.04 Å². The van der Waals surface area contributed by atoms with Gasteiger partial charge in [0, 0.05) is 28.9 Å². The Bertz CT molecular complexity index is 907. The smallest absolute Gasteiger partial charge is 0.243 e. The summed E-state index contributed by atoms with van der Waals surface area (Å²) in [4.78, 5) is 28.8. The number of amides is 2. The second-order valence-corrected chi connectivity index (χ2v) is 10.2. The van der Waals surface area contributed by atoms with Gasteiger partial charge in [0.1, 0.15) is 6.04 Å². The van der Waals surface area contributed by atoms with E-state index in [0.717, 1.165) is 16.2 Å². The average molecular weight is 516 g/mol. The summed E-state index contributed by atoms with van der Waals surface area (Å²) >= 11 is 19.8. The van der Waals surface area contributed by atoms with Crippen LogP contribution in [0.4, 0.5) is 0 Å². The Balaban J connectivity index is 2.08. The molecule has 0 aliphatic carbocycles. The van der Waals surface area contributed by atoms with E-state index in [0.29, 0.717) is 40.9 Å². The molecule has 0 unspecified atom stereocenters. The predicted molar refractivity (Wildman–Crippen MR) is 136 cm³/mol. The first kappa shape index (κ1) is 26.8. The van der Waals surface area contributed by atoms with Crippen LogP contribution in [0.5, 0.6) is 0 Å². The Morgan fingerprint density at radius 1 is 1.03 bits per heavy atom. The fourth-order valence-electron chi connectivity index (χ4n) is 3.22. The Morgan fingerprint density at radius 2 is 1.72 bits per heavy atom. The minimum atomic E-state index is -0.553. The maximum atomic E-state index is 13.2. The van der Waals surface area contributed by atoms with Gasteiger partial charge in [-0.3, -0.25) is 9.59 Å². The molecule has 1 atom stereocenters. The highest BCUT2D eigenvalue weighted by Gasteiger charge is 2.28. The normalized spacial score (nSPS) is 12.0. The summed E-state index contributed by atoms with van der Waals surface area (Å²) in [5.74, 6) is 0.591. The van der Waals surface area contributed by atoms with E-state index in [2.05, 4.69) is 5.32 Å². The van der Waals surface area contributed by atoms with Crippen LogP contribution >= 0.6 is 46.6 Å². The first-order chi connectivity index (χ1) is 15.2. The zero-order valence-corrected chi connectivity index (χ0v) is 21.6. The third kappa shape index (κ3) is 8.51. The lowest BCUT2D eigenvalue weighted by atomic mass is 10.1. The molecule has 4 nitrogen and oxygen atoms in total. The fraction of sp³-hybridized carbons (Fsp3) is 0.417. The van der Waals surface area contributed by atoms with E-state index in [-0.39, 0.29) is 17.9 Å². The molecular formula is C24H29Cl3N2O2S. The van der Waals surface area contributed by atoms with Crippen LogP contribution in [0.25, 0.3) is 0 Å². The maximum Gasteiger partial charge on any atom is 0.243 e. The molecule has 2 aromatic rings. The van der Waals surface area contributed by atoms with Crippen molar-refractivity contribution in [3.8, 4) is 0 Å². The molecule has 0 fully saturated rings. The molecule has 0 spiro atoms. The third-order valence-electron chi connectivity index (χ3n) is 4.77. The predicted octanol–water partition coefficient (Wildman–Crippen LogP) is 6.85. The molecule has 0 saturated carbocycles. The molecule has 0 aromatic heterocycles. The molecule has 0 bridgehead atoms. The van der Waals surface area contributed by atoms with Crippen molar-refractivity contribution in [3.05, 3.63) is 63.1 Å². The van der Waals surface area contributed by atoms with E-state index in [1.165, 1.54) is 0 Å². The fourth-order valence-corrected chi connectivity index (χ4v) is 4.52. The zero-order valence-electron chi connectivity index (χ0n) is 18.5. The van der Waals surface area contributed by atoms with Crippen LogP contribution < -0.4 is 5.32 Å². The number of carbonyl (C=O) groups excluding carboxylic acids is 2. The molecule has 174 valence electrons. The molecular weight excluding hydrogens is 487 g/mol. The topological polar surface area (TPSA) is 49.4 Å². The molecule has 2 amide bonds. The number of hydrogen-bond donors (Lipinski definition) is 1. The van der Waals surface area contributed by atoms with Gasteiger partial charge in [0.05, 0.1) is 10.0 Å². The van der Waals surface area contributed by atoms with Crippen molar-refractivity contribution in [2.24, 2.45) is 0 Å². The van der Waals surface area contributed by atoms with Crippen LogP contribution in [-0.4, -0.2) is 34.6 Å². The van der Waals surface area contributed by atoms with E-state index in [1.807, 2.05) is 51.1 Å². The number of halogens is 3. The summed E-state index contributed by atoms with van der Waals surface area (Å²) in [5, 5.41) is 4.52. The molecule has 0 aliphatic heterocycles. The van der Waals surface area contributed by atoms with Crippen molar-refractivity contribution < 1.29 is 9.59 Å². The zero-order chi connectivity index (χ0) is 23.7. The Hall–Kier alpha value is -1.40. The van der Waals surface area contributed by atoms with Crippen molar-refractivity contribution in [2.75, 3.05) is 5.75 Å². The second-order valence-electron chi connectivity index (χ2n) is 7.76. The summed E-state index contributed by atoms with van der Waals surface area (Å²) in [6.45, 7) is 6.02. The molecule has 0 saturated heterocycles. The number of benzene rings is 2. The van der Waals surface area contributed by atoms with Crippen LogP contribution in [0, 0.1) is 0 Å². The van der Waals surface area contributed by atoms with Gasteiger partial charge in [0.25, 0.3) is 0 Å². The highest BCUT2D eigenvalue weighted by molar-refractivity contribution is 7.99. The van der Waals surface area contributed by atoms with Crippen LogP contribution in [0.1, 0.15) is 45.6 Å². The van der Waals surface area contributed by atoms with Crippen molar-refractivity contribution >= 4 is 58.4 Å².